The van der Waals surface area contributed by atoms with Crippen molar-refractivity contribution >= 4 is 35.3 Å². The number of hydrogen-bond acceptors (Lipinski definition) is 5. The molecule has 1 atom stereocenters. The molecule has 0 bridgehead atoms. The number of halogens is 1. The van der Waals surface area contributed by atoms with E-state index in [2.05, 4.69) is 10.3 Å². The Labute approximate surface area is 196 Å². The Morgan fingerprint density at radius 1 is 1.21 bits per heavy atom. The zero-order valence-electron chi connectivity index (χ0n) is 18.5. The standard InChI is InChI=1S/C25H26FN3O3S/c1-32-25(31)23(10-13-33-2)28-24(30)20-5-3-4-18(14-20)15-21(16-29-12-11-27-17-29)19-6-8-22(26)9-7-19/h3-9,11-12,14-15,17,23H,10,13,16H2,1-2H3,(H,28,30)/t23-/m1/s1. The number of nitrogens with one attached hydrogen (secondary N) is 1. The summed E-state index contributed by atoms with van der Waals surface area (Å²) in [5.41, 5.74) is 3.03. The van der Waals surface area contributed by atoms with Crippen molar-refractivity contribution in [2.24, 2.45) is 0 Å². The summed E-state index contributed by atoms with van der Waals surface area (Å²) in [7, 11) is 1.31. The largest absolute Gasteiger partial charge is 0.467 e. The molecule has 1 heterocycles. The minimum Gasteiger partial charge on any atom is -0.467 e. The van der Waals surface area contributed by atoms with Crippen LogP contribution in [0.1, 0.15) is 27.9 Å². The number of imidazole rings is 1. The predicted octanol–water partition coefficient (Wildman–Crippen LogP) is 4.29. The lowest BCUT2D eigenvalue weighted by molar-refractivity contribution is -0.142. The molecule has 1 amide bonds. The highest BCUT2D eigenvalue weighted by molar-refractivity contribution is 7.98. The molecule has 0 aliphatic carbocycles. The molecule has 0 aliphatic heterocycles. The number of nitrogens with zero attached hydrogens (tertiary/aromatic N) is 2. The van der Waals surface area contributed by atoms with E-state index in [-0.39, 0.29) is 11.7 Å². The van der Waals surface area contributed by atoms with Crippen molar-refractivity contribution in [3.05, 3.63) is 89.8 Å². The number of benzene rings is 2. The summed E-state index contributed by atoms with van der Waals surface area (Å²) in [6.45, 7) is 0.529. The van der Waals surface area contributed by atoms with Gasteiger partial charge in [-0.3, -0.25) is 4.79 Å². The maximum atomic E-state index is 13.4. The maximum absolute atomic E-state index is 13.4. The average Bonchev–Trinajstić information content (AvgIpc) is 3.34. The molecule has 0 unspecified atom stereocenters. The number of thioether (sulfide) groups is 1. The third-order valence-electron chi connectivity index (χ3n) is 5.02. The number of rotatable bonds is 10. The highest BCUT2D eigenvalue weighted by Crippen LogP contribution is 2.22. The zero-order valence-corrected chi connectivity index (χ0v) is 19.3. The smallest absolute Gasteiger partial charge is 0.328 e. The van der Waals surface area contributed by atoms with Gasteiger partial charge in [-0.25, -0.2) is 14.2 Å². The van der Waals surface area contributed by atoms with Crippen molar-refractivity contribution in [1.82, 2.24) is 14.9 Å². The summed E-state index contributed by atoms with van der Waals surface area (Å²) in [6, 6.07) is 12.7. The molecule has 1 aromatic heterocycles. The molecule has 172 valence electrons. The van der Waals surface area contributed by atoms with Crippen molar-refractivity contribution in [1.29, 1.82) is 0 Å². The number of carbonyl (C=O) groups excluding carboxylic acids is 2. The van der Waals surface area contributed by atoms with Gasteiger partial charge in [0.15, 0.2) is 0 Å². The summed E-state index contributed by atoms with van der Waals surface area (Å²) in [5.74, 6) is -0.397. The van der Waals surface area contributed by atoms with Crippen LogP contribution in [0.25, 0.3) is 11.6 Å². The van der Waals surface area contributed by atoms with Crippen LogP contribution in [0.4, 0.5) is 4.39 Å². The van der Waals surface area contributed by atoms with Gasteiger partial charge in [0, 0.05) is 24.5 Å². The molecule has 3 rings (SSSR count). The fourth-order valence-electron chi connectivity index (χ4n) is 3.30. The van der Waals surface area contributed by atoms with Crippen molar-refractivity contribution in [3.8, 4) is 0 Å². The summed E-state index contributed by atoms with van der Waals surface area (Å²) >= 11 is 1.59. The SMILES string of the molecule is COC(=O)[C@@H](CCSC)NC(=O)c1cccc(C=C(Cn2ccnc2)c2ccc(F)cc2)c1. The van der Waals surface area contributed by atoms with Crippen LogP contribution in [0.3, 0.4) is 0 Å². The first-order chi connectivity index (χ1) is 16.0. The second-order valence-corrected chi connectivity index (χ2v) is 8.35. The van der Waals surface area contributed by atoms with E-state index in [1.54, 1.807) is 54.6 Å². The van der Waals surface area contributed by atoms with Gasteiger partial charge >= 0.3 is 5.97 Å². The summed E-state index contributed by atoms with van der Waals surface area (Å²) < 4.78 is 20.2. The third kappa shape index (κ3) is 7.05. The van der Waals surface area contributed by atoms with E-state index in [9.17, 15) is 14.0 Å². The quantitative estimate of drug-likeness (QED) is 0.356. The number of methoxy groups -OCH3 is 1. The lowest BCUT2D eigenvalue weighted by atomic mass is 10.0. The first kappa shape index (κ1) is 24.3. The Balaban J connectivity index is 1.86. The van der Waals surface area contributed by atoms with Gasteiger partial charge in [-0.2, -0.15) is 11.8 Å². The fraction of sp³-hybridized carbons (Fsp3) is 0.240. The molecule has 8 heteroatoms. The van der Waals surface area contributed by atoms with Crippen LogP contribution in [0, 0.1) is 5.82 Å². The van der Waals surface area contributed by atoms with Crippen molar-refractivity contribution < 1.29 is 18.7 Å². The first-order valence-corrected chi connectivity index (χ1v) is 11.8. The molecular formula is C25H26FN3O3S. The number of amides is 1. The van der Waals surface area contributed by atoms with Gasteiger partial charge in [0.1, 0.15) is 11.9 Å². The first-order valence-electron chi connectivity index (χ1n) is 10.4. The second-order valence-electron chi connectivity index (χ2n) is 7.37. The summed E-state index contributed by atoms with van der Waals surface area (Å²) in [5, 5.41) is 2.77. The molecule has 1 N–H and O–H groups in total. The molecule has 0 saturated carbocycles. The number of allylic oxidation sites excluding steroid dienone is 1. The second kappa shape index (κ2) is 12.0. The minimum absolute atomic E-state index is 0.305. The third-order valence-corrected chi connectivity index (χ3v) is 5.66. The highest BCUT2D eigenvalue weighted by Gasteiger charge is 2.21. The molecule has 0 aliphatic rings. The van der Waals surface area contributed by atoms with E-state index >= 15 is 0 Å². The van der Waals surface area contributed by atoms with Crippen LogP contribution in [0.5, 0.6) is 0 Å². The zero-order chi connectivity index (χ0) is 23.6. The molecule has 0 saturated heterocycles. The van der Waals surface area contributed by atoms with Crippen molar-refractivity contribution in [2.45, 2.75) is 19.0 Å². The van der Waals surface area contributed by atoms with Gasteiger partial charge in [-0.15, -0.1) is 0 Å². The van der Waals surface area contributed by atoms with E-state index in [0.717, 1.165) is 22.5 Å². The Morgan fingerprint density at radius 3 is 2.67 bits per heavy atom. The minimum atomic E-state index is -0.704. The van der Waals surface area contributed by atoms with Crippen molar-refractivity contribution in [3.63, 3.8) is 0 Å². The van der Waals surface area contributed by atoms with Gasteiger partial charge in [-0.05, 0) is 65.5 Å². The highest BCUT2D eigenvalue weighted by atomic mass is 32.2. The van der Waals surface area contributed by atoms with Gasteiger partial charge < -0.3 is 14.6 Å². The molecule has 0 radical (unpaired) electrons. The normalized spacial score (nSPS) is 12.3. The van der Waals surface area contributed by atoms with Crippen LogP contribution < -0.4 is 5.32 Å². The maximum Gasteiger partial charge on any atom is 0.328 e. The Bertz CT molecular complexity index is 1100. The lowest BCUT2D eigenvalue weighted by Gasteiger charge is -2.16. The van der Waals surface area contributed by atoms with Gasteiger partial charge in [0.05, 0.1) is 13.4 Å². The van der Waals surface area contributed by atoms with E-state index in [4.69, 9.17) is 4.74 Å². The molecular weight excluding hydrogens is 441 g/mol. The van der Waals surface area contributed by atoms with Crippen LogP contribution in [0.15, 0.2) is 67.3 Å². The van der Waals surface area contributed by atoms with Crippen LogP contribution in [0.2, 0.25) is 0 Å². The number of aromatic nitrogens is 2. The van der Waals surface area contributed by atoms with E-state index < -0.39 is 12.0 Å². The van der Waals surface area contributed by atoms with E-state index in [0.29, 0.717) is 18.5 Å². The number of esters is 1. The van der Waals surface area contributed by atoms with Crippen LogP contribution in [-0.4, -0.2) is 46.6 Å². The predicted molar refractivity (Wildman–Crippen MR) is 129 cm³/mol. The van der Waals surface area contributed by atoms with E-state index in [1.807, 2.05) is 29.2 Å². The molecule has 2 aromatic carbocycles. The van der Waals surface area contributed by atoms with Crippen LogP contribution in [-0.2, 0) is 16.1 Å². The average molecular weight is 468 g/mol. The Kier molecular flexibility index (Phi) is 8.83. The molecule has 0 spiro atoms. The lowest BCUT2D eigenvalue weighted by Crippen LogP contribution is -2.41. The summed E-state index contributed by atoms with van der Waals surface area (Å²) in [6.07, 6.45) is 9.64. The monoisotopic (exact) mass is 467 g/mol. The number of hydrogen-bond donors (Lipinski definition) is 1. The van der Waals surface area contributed by atoms with Gasteiger partial charge in [0.25, 0.3) is 5.91 Å². The molecule has 6 nitrogen and oxygen atoms in total. The molecule has 0 fully saturated rings. The number of ether oxygens (including phenoxy) is 1. The Morgan fingerprint density at radius 2 is 2.00 bits per heavy atom. The molecule has 33 heavy (non-hydrogen) atoms. The Hall–Kier alpha value is -3.39. The fourth-order valence-corrected chi connectivity index (χ4v) is 3.77. The topological polar surface area (TPSA) is 73.2 Å². The number of carbonyl (C=O) groups is 2. The van der Waals surface area contributed by atoms with Gasteiger partial charge in [0.2, 0.25) is 0 Å². The van der Waals surface area contributed by atoms with E-state index in [1.165, 1.54) is 19.2 Å². The molecule has 3 aromatic rings. The van der Waals surface area contributed by atoms with Gasteiger partial charge in [-0.1, -0.05) is 24.3 Å². The van der Waals surface area contributed by atoms with Crippen LogP contribution >= 0.6 is 11.8 Å². The summed E-state index contributed by atoms with van der Waals surface area (Å²) in [4.78, 5) is 29.0. The van der Waals surface area contributed by atoms with Crippen molar-refractivity contribution in [2.75, 3.05) is 19.1 Å².